The molecule has 0 bridgehead atoms. The van der Waals surface area contributed by atoms with Crippen LogP contribution in [0.1, 0.15) is 34.5 Å². The van der Waals surface area contributed by atoms with Gasteiger partial charge in [0.05, 0.1) is 0 Å². The van der Waals surface area contributed by atoms with Crippen LogP contribution in [0.3, 0.4) is 0 Å². The highest BCUT2D eigenvalue weighted by atomic mass is 32.1. The van der Waals surface area contributed by atoms with Gasteiger partial charge in [-0.1, -0.05) is 31.2 Å². The van der Waals surface area contributed by atoms with E-state index >= 15 is 0 Å². The molecule has 2 N–H and O–H groups in total. The van der Waals surface area contributed by atoms with Gasteiger partial charge in [0.25, 0.3) is 0 Å². The second kappa shape index (κ2) is 7.02. The van der Waals surface area contributed by atoms with Crippen molar-refractivity contribution in [2.24, 2.45) is 5.73 Å². The van der Waals surface area contributed by atoms with E-state index < -0.39 is 0 Å². The van der Waals surface area contributed by atoms with Crippen molar-refractivity contribution < 1.29 is 0 Å². The third-order valence-corrected chi connectivity index (χ3v) is 4.79. The summed E-state index contributed by atoms with van der Waals surface area (Å²) in [6.45, 7) is 9.16. The van der Waals surface area contributed by atoms with Crippen LogP contribution in [-0.4, -0.2) is 18.0 Å². The molecule has 0 saturated carbocycles. The van der Waals surface area contributed by atoms with Gasteiger partial charge in [-0.15, -0.1) is 11.3 Å². The number of nitrogens with zero attached hydrogens (tertiary/aromatic N) is 1. The Morgan fingerprint density at radius 2 is 2.00 bits per heavy atom. The number of benzene rings is 1. The molecule has 0 aliphatic rings. The molecule has 0 fully saturated rings. The Morgan fingerprint density at radius 3 is 2.55 bits per heavy atom. The zero-order valence-electron chi connectivity index (χ0n) is 12.6. The number of hydrogen-bond donors (Lipinski definition) is 1. The minimum atomic E-state index is 0.293. The standard InChI is InChI=1S/C17H24N2S/c1-4-19(12-16-6-5-9-20-16)17(11-18)15-8-7-13(2)14(3)10-15/h5-10,17H,4,11-12,18H2,1-3H3. The average molecular weight is 288 g/mol. The Kier molecular flexibility index (Phi) is 5.35. The first-order valence-corrected chi connectivity index (χ1v) is 8.07. The van der Waals surface area contributed by atoms with Crippen molar-refractivity contribution in [2.75, 3.05) is 13.1 Å². The van der Waals surface area contributed by atoms with Crippen LogP contribution in [0.25, 0.3) is 0 Å². The fraction of sp³-hybridized carbons (Fsp3) is 0.412. The molecule has 0 amide bonds. The SMILES string of the molecule is CCN(Cc1cccs1)C(CN)c1ccc(C)c(C)c1. The van der Waals surface area contributed by atoms with E-state index in [4.69, 9.17) is 5.73 Å². The van der Waals surface area contributed by atoms with Gasteiger partial charge in [-0.25, -0.2) is 0 Å². The van der Waals surface area contributed by atoms with Crippen molar-refractivity contribution >= 4 is 11.3 Å². The molecular formula is C17H24N2S. The Morgan fingerprint density at radius 1 is 1.20 bits per heavy atom. The number of nitrogens with two attached hydrogens (primary N) is 1. The molecule has 1 heterocycles. The quantitative estimate of drug-likeness (QED) is 0.874. The molecule has 1 unspecified atom stereocenters. The van der Waals surface area contributed by atoms with E-state index in [1.165, 1.54) is 21.6 Å². The third-order valence-electron chi connectivity index (χ3n) is 3.92. The van der Waals surface area contributed by atoms with Gasteiger partial charge in [0.1, 0.15) is 0 Å². The summed E-state index contributed by atoms with van der Waals surface area (Å²) in [5.74, 6) is 0. The zero-order valence-corrected chi connectivity index (χ0v) is 13.4. The first-order valence-electron chi connectivity index (χ1n) is 7.19. The van der Waals surface area contributed by atoms with Crippen LogP contribution in [0.15, 0.2) is 35.7 Å². The number of thiophene rings is 1. The topological polar surface area (TPSA) is 29.3 Å². The molecule has 0 saturated heterocycles. The summed E-state index contributed by atoms with van der Waals surface area (Å²) in [5, 5.41) is 2.14. The number of hydrogen-bond acceptors (Lipinski definition) is 3. The van der Waals surface area contributed by atoms with Crippen molar-refractivity contribution in [3.63, 3.8) is 0 Å². The van der Waals surface area contributed by atoms with Crippen molar-refractivity contribution in [3.05, 3.63) is 57.3 Å². The highest BCUT2D eigenvalue weighted by Gasteiger charge is 2.18. The highest BCUT2D eigenvalue weighted by molar-refractivity contribution is 7.09. The molecule has 1 aromatic heterocycles. The summed E-state index contributed by atoms with van der Waals surface area (Å²) in [5.41, 5.74) is 10.1. The monoisotopic (exact) mass is 288 g/mol. The van der Waals surface area contributed by atoms with Crippen LogP contribution in [0.4, 0.5) is 0 Å². The van der Waals surface area contributed by atoms with Crippen LogP contribution in [-0.2, 0) is 6.54 Å². The van der Waals surface area contributed by atoms with Crippen LogP contribution >= 0.6 is 11.3 Å². The minimum Gasteiger partial charge on any atom is -0.329 e. The summed E-state index contributed by atoms with van der Waals surface area (Å²) >= 11 is 1.81. The largest absolute Gasteiger partial charge is 0.329 e. The molecule has 2 aromatic rings. The van der Waals surface area contributed by atoms with E-state index in [1.54, 1.807) is 0 Å². The van der Waals surface area contributed by atoms with Crippen molar-refractivity contribution in [3.8, 4) is 0 Å². The molecular weight excluding hydrogens is 264 g/mol. The second-order valence-electron chi connectivity index (χ2n) is 5.24. The van der Waals surface area contributed by atoms with Gasteiger partial charge in [-0.2, -0.15) is 0 Å². The fourth-order valence-electron chi connectivity index (χ4n) is 2.51. The lowest BCUT2D eigenvalue weighted by molar-refractivity contribution is 0.205. The Labute approximate surface area is 126 Å². The Bertz CT molecular complexity index is 534. The second-order valence-corrected chi connectivity index (χ2v) is 6.27. The first-order chi connectivity index (χ1) is 9.65. The summed E-state index contributed by atoms with van der Waals surface area (Å²) < 4.78 is 0. The van der Waals surface area contributed by atoms with Crippen LogP contribution in [0.5, 0.6) is 0 Å². The van der Waals surface area contributed by atoms with E-state index in [0.29, 0.717) is 12.6 Å². The van der Waals surface area contributed by atoms with Gasteiger partial charge in [0.15, 0.2) is 0 Å². The predicted octanol–water partition coefficient (Wildman–Crippen LogP) is 3.89. The molecule has 0 aliphatic carbocycles. The van der Waals surface area contributed by atoms with Crippen molar-refractivity contribution in [2.45, 2.75) is 33.4 Å². The Balaban J connectivity index is 2.21. The lowest BCUT2D eigenvalue weighted by atomic mass is 10.00. The summed E-state index contributed by atoms with van der Waals surface area (Å²) in [6, 6.07) is 11.3. The van der Waals surface area contributed by atoms with Crippen molar-refractivity contribution in [1.29, 1.82) is 0 Å². The lowest BCUT2D eigenvalue weighted by Gasteiger charge is -2.30. The van der Waals surface area contributed by atoms with Crippen LogP contribution < -0.4 is 5.73 Å². The van der Waals surface area contributed by atoms with E-state index in [2.05, 4.69) is 61.4 Å². The van der Waals surface area contributed by atoms with Gasteiger partial charge in [-0.05, 0) is 48.5 Å². The number of rotatable bonds is 6. The van der Waals surface area contributed by atoms with E-state index in [-0.39, 0.29) is 0 Å². The van der Waals surface area contributed by atoms with Gasteiger partial charge in [-0.3, -0.25) is 4.90 Å². The molecule has 0 radical (unpaired) electrons. The molecule has 2 nitrogen and oxygen atoms in total. The van der Waals surface area contributed by atoms with Crippen LogP contribution in [0.2, 0.25) is 0 Å². The van der Waals surface area contributed by atoms with Gasteiger partial charge in [0, 0.05) is 24.0 Å². The molecule has 108 valence electrons. The van der Waals surface area contributed by atoms with Gasteiger partial charge in [0.2, 0.25) is 0 Å². The normalized spacial score (nSPS) is 12.8. The number of likely N-dealkylation sites (N-methyl/N-ethyl adjacent to an activating group) is 1. The molecule has 1 aromatic carbocycles. The molecule has 1 atom stereocenters. The molecule has 0 spiro atoms. The molecule has 20 heavy (non-hydrogen) atoms. The smallest absolute Gasteiger partial charge is 0.0474 e. The molecule has 0 aliphatic heterocycles. The average Bonchev–Trinajstić information content (AvgIpc) is 2.95. The van der Waals surface area contributed by atoms with Gasteiger partial charge >= 0.3 is 0 Å². The van der Waals surface area contributed by atoms with E-state index in [0.717, 1.165) is 13.1 Å². The van der Waals surface area contributed by atoms with Crippen molar-refractivity contribution in [1.82, 2.24) is 4.90 Å². The maximum atomic E-state index is 6.06. The van der Waals surface area contributed by atoms with E-state index in [1.807, 2.05) is 11.3 Å². The minimum absolute atomic E-state index is 0.293. The predicted molar refractivity (Wildman–Crippen MR) is 88.1 cm³/mol. The third kappa shape index (κ3) is 3.48. The Hall–Kier alpha value is -1.16. The first kappa shape index (κ1) is 15.2. The van der Waals surface area contributed by atoms with Crippen LogP contribution in [0, 0.1) is 13.8 Å². The maximum absolute atomic E-state index is 6.06. The fourth-order valence-corrected chi connectivity index (χ4v) is 3.24. The molecule has 3 heteroatoms. The summed E-state index contributed by atoms with van der Waals surface area (Å²) in [6.07, 6.45) is 0. The summed E-state index contributed by atoms with van der Waals surface area (Å²) in [4.78, 5) is 3.85. The maximum Gasteiger partial charge on any atom is 0.0474 e. The lowest BCUT2D eigenvalue weighted by Crippen LogP contribution is -2.33. The zero-order chi connectivity index (χ0) is 14.5. The summed E-state index contributed by atoms with van der Waals surface area (Å²) in [7, 11) is 0. The molecule has 2 rings (SSSR count). The van der Waals surface area contributed by atoms with E-state index in [9.17, 15) is 0 Å². The highest BCUT2D eigenvalue weighted by Crippen LogP contribution is 2.25. The number of aryl methyl sites for hydroxylation is 2. The van der Waals surface area contributed by atoms with Gasteiger partial charge < -0.3 is 5.73 Å².